The second-order valence-electron chi connectivity index (χ2n) is 5.96. The molecule has 1 aromatic heterocycles. The maximum atomic E-state index is 12.0. The molecular weight excluding hydrogens is 496 g/mol. The number of aromatic nitrogens is 1. The second-order valence-corrected chi connectivity index (χ2v) is 11.0. The van der Waals surface area contributed by atoms with Crippen molar-refractivity contribution < 1.29 is 33.8 Å². The van der Waals surface area contributed by atoms with Crippen molar-refractivity contribution in [1.29, 1.82) is 0 Å². The fourth-order valence-corrected chi connectivity index (χ4v) is 4.18. The van der Waals surface area contributed by atoms with Crippen LogP contribution in [0.3, 0.4) is 0 Å². The number of fused-ring (bicyclic) bond motifs is 1. The van der Waals surface area contributed by atoms with Crippen molar-refractivity contribution in [3.05, 3.63) is 99.8 Å². The molecule has 0 spiro atoms. The number of pyridine rings is 1. The van der Waals surface area contributed by atoms with Crippen LogP contribution in [0.4, 0.5) is 0 Å². The van der Waals surface area contributed by atoms with Gasteiger partial charge in [0.25, 0.3) is 10.1 Å². The van der Waals surface area contributed by atoms with Gasteiger partial charge in [0.2, 0.25) is 0 Å². The molecule has 0 fully saturated rings. The molecule has 141 valence electrons. The minimum absolute atomic E-state index is 0.0801. The van der Waals surface area contributed by atoms with Crippen molar-refractivity contribution in [2.45, 2.75) is 6.92 Å². The van der Waals surface area contributed by atoms with Gasteiger partial charge in [-0.15, -0.1) is 0 Å². The summed E-state index contributed by atoms with van der Waals surface area (Å²) >= 11 is -0.826. The summed E-state index contributed by atoms with van der Waals surface area (Å²) in [4.78, 5) is 4.05. The Bertz CT molecular complexity index is 1120. The topological polar surface area (TPSA) is 67.3 Å². The first-order valence-electron chi connectivity index (χ1n) is 8.10. The van der Waals surface area contributed by atoms with E-state index in [0.29, 0.717) is 16.7 Å². The molecule has 28 heavy (non-hydrogen) atoms. The zero-order valence-corrected chi connectivity index (χ0v) is 19.4. The van der Waals surface area contributed by atoms with Crippen LogP contribution in [0.2, 0.25) is 0 Å². The van der Waals surface area contributed by atoms with E-state index in [1.54, 1.807) is 25.4 Å². The van der Waals surface area contributed by atoms with Crippen LogP contribution in [0.15, 0.2) is 82.6 Å². The quantitative estimate of drug-likeness (QED) is 0.576. The van der Waals surface area contributed by atoms with Crippen molar-refractivity contribution in [3.8, 4) is 0 Å². The molecule has 4 rings (SSSR count). The van der Waals surface area contributed by atoms with Crippen LogP contribution in [0, 0.1) is 6.08 Å². The van der Waals surface area contributed by atoms with Crippen LogP contribution in [0.25, 0.3) is 11.1 Å². The Labute approximate surface area is 182 Å². The van der Waals surface area contributed by atoms with Crippen LogP contribution in [0.5, 0.6) is 0 Å². The molecular formula is C20H14Cl2NO3SZr. The summed E-state index contributed by atoms with van der Waals surface area (Å²) in [5.41, 5.74) is 4.95. The molecule has 8 heteroatoms. The summed E-state index contributed by atoms with van der Waals surface area (Å²) < 4.78 is 33.7. The monoisotopic (exact) mass is 508 g/mol. The summed E-state index contributed by atoms with van der Waals surface area (Å²) in [6, 6.07) is 13.4. The molecule has 0 amide bonds. The standard InChI is InChI=1S/C20H14NO3S.2ClH.Zr/c1-13-10-18-16(14-6-3-2-4-7-14)11-17(15-8-5-9-21-12-15)19(18)20(13)25(22,23)24;;;/h2-9,11-12H,1H3,(H,22,23,24);2*1H;/q;;;+2/p-2. The molecule has 0 saturated heterocycles. The van der Waals surface area contributed by atoms with Gasteiger partial charge in [0.05, 0.1) is 0 Å². The molecule has 1 N–H and O–H groups in total. The molecule has 4 nitrogen and oxygen atoms in total. The Hall–Kier alpha value is -1.30. The van der Waals surface area contributed by atoms with Crippen molar-refractivity contribution in [1.82, 2.24) is 4.98 Å². The molecule has 0 atom stereocenters. The Morgan fingerprint density at radius 2 is 1.71 bits per heavy atom. The zero-order chi connectivity index (χ0) is 20.3. The zero-order valence-electron chi connectivity index (χ0n) is 14.6. The van der Waals surface area contributed by atoms with Gasteiger partial charge in [-0.25, -0.2) is 0 Å². The van der Waals surface area contributed by atoms with E-state index < -0.39 is 31.0 Å². The normalized spacial score (nSPS) is 15.6. The molecule has 2 aliphatic carbocycles. The number of allylic oxidation sites excluding steroid dienone is 7. The van der Waals surface area contributed by atoms with E-state index in [1.807, 2.05) is 42.5 Å². The van der Waals surface area contributed by atoms with Gasteiger partial charge in [-0.2, -0.15) is 8.42 Å². The summed E-state index contributed by atoms with van der Waals surface area (Å²) in [6.45, 7) is 1.64. The number of rotatable bonds is 3. The predicted octanol–water partition coefficient (Wildman–Crippen LogP) is 5.21. The van der Waals surface area contributed by atoms with E-state index in [-0.39, 0.29) is 4.91 Å². The van der Waals surface area contributed by atoms with Crippen LogP contribution in [-0.2, 0) is 31.0 Å². The predicted molar refractivity (Wildman–Crippen MR) is 108 cm³/mol. The van der Waals surface area contributed by atoms with Crippen molar-refractivity contribution in [3.63, 3.8) is 0 Å². The average Bonchev–Trinajstić information content (AvgIpc) is 3.19. The van der Waals surface area contributed by atoms with Crippen molar-refractivity contribution >= 4 is 38.3 Å². The van der Waals surface area contributed by atoms with Gasteiger partial charge in [-0.05, 0) is 53.0 Å². The molecule has 0 aliphatic heterocycles. The van der Waals surface area contributed by atoms with Gasteiger partial charge in [0, 0.05) is 23.5 Å². The van der Waals surface area contributed by atoms with Crippen LogP contribution in [-0.4, -0.2) is 18.0 Å². The minimum atomic E-state index is -4.37. The number of benzene rings is 1. The Balaban J connectivity index is 0.000000706. The first kappa shape index (κ1) is 21.4. The van der Waals surface area contributed by atoms with E-state index >= 15 is 0 Å². The van der Waals surface area contributed by atoms with Crippen molar-refractivity contribution in [2.24, 2.45) is 0 Å². The number of halogens is 2. The van der Waals surface area contributed by atoms with E-state index in [1.165, 1.54) is 0 Å². The molecule has 0 bridgehead atoms. The maximum absolute atomic E-state index is 12.0. The average molecular weight is 511 g/mol. The number of nitrogens with zero attached hydrogens (tertiary/aromatic N) is 1. The number of hydrogen-bond donors (Lipinski definition) is 1. The van der Waals surface area contributed by atoms with E-state index in [0.717, 1.165) is 22.3 Å². The van der Waals surface area contributed by atoms with Gasteiger partial charge in [-0.3, -0.25) is 9.54 Å². The van der Waals surface area contributed by atoms with Crippen molar-refractivity contribution in [2.75, 3.05) is 0 Å². The molecule has 1 radical (unpaired) electrons. The molecule has 2 aromatic rings. The summed E-state index contributed by atoms with van der Waals surface area (Å²) in [5.74, 6) is 0. The summed E-state index contributed by atoms with van der Waals surface area (Å²) in [5, 5.41) is 0. The first-order valence-corrected chi connectivity index (χ1v) is 15.9. The molecule has 0 unspecified atom stereocenters. The third-order valence-electron chi connectivity index (χ3n) is 4.27. The number of hydrogen-bond acceptors (Lipinski definition) is 3. The Morgan fingerprint density at radius 1 is 1.07 bits per heavy atom. The van der Waals surface area contributed by atoms with Gasteiger partial charge >= 0.3 is 37.9 Å². The van der Waals surface area contributed by atoms with E-state index in [2.05, 4.69) is 11.1 Å². The van der Waals surface area contributed by atoms with Gasteiger partial charge < -0.3 is 0 Å². The van der Waals surface area contributed by atoms with Gasteiger partial charge in [0.15, 0.2) is 0 Å². The Morgan fingerprint density at radius 3 is 2.29 bits per heavy atom. The first-order chi connectivity index (χ1) is 13.4. The summed E-state index contributed by atoms with van der Waals surface area (Å²) in [7, 11) is 5.50. The van der Waals surface area contributed by atoms with Crippen LogP contribution in [0.1, 0.15) is 18.1 Å². The van der Waals surface area contributed by atoms with E-state index in [4.69, 9.17) is 17.0 Å². The van der Waals surface area contributed by atoms with Crippen LogP contribution >= 0.6 is 17.0 Å². The SMILES string of the molecule is CC1=C(S(=O)(=O)O)C2=C(c3cccnc3)C=C(c3ccccc3)C2=[C]1.[Cl][Zr][Cl]. The Kier molecular flexibility index (Phi) is 6.90. The van der Waals surface area contributed by atoms with Gasteiger partial charge in [0.1, 0.15) is 4.91 Å². The fraction of sp³-hybridized carbons (Fsp3) is 0.0500. The molecule has 0 saturated carbocycles. The van der Waals surface area contributed by atoms with Gasteiger partial charge in [-0.1, -0.05) is 36.4 Å². The third-order valence-corrected chi connectivity index (χ3v) is 5.30. The second kappa shape index (κ2) is 9.02. The van der Waals surface area contributed by atoms with E-state index in [9.17, 15) is 13.0 Å². The third kappa shape index (κ3) is 4.32. The summed E-state index contributed by atoms with van der Waals surface area (Å²) in [6.07, 6.45) is 8.40. The molecule has 1 heterocycles. The van der Waals surface area contributed by atoms with Crippen LogP contribution < -0.4 is 0 Å². The molecule has 1 aromatic carbocycles. The fourth-order valence-electron chi connectivity index (χ4n) is 3.27. The molecule has 2 aliphatic rings.